The van der Waals surface area contributed by atoms with E-state index in [1.807, 2.05) is 23.6 Å². The van der Waals surface area contributed by atoms with Crippen molar-refractivity contribution >= 4 is 33.2 Å². The van der Waals surface area contributed by atoms with Gasteiger partial charge in [-0.1, -0.05) is 12.1 Å². The first-order valence-electron chi connectivity index (χ1n) is 6.04. The molecule has 0 amide bonds. The molecule has 104 valence electrons. The van der Waals surface area contributed by atoms with Gasteiger partial charge in [-0.15, -0.1) is 11.3 Å². The number of aromatic carboxylic acids is 1. The van der Waals surface area contributed by atoms with E-state index in [-0.39, 0.29) is 5.56 Å². The number of halogens is 1. The summed E-state index contributed by atoms with van der Waals surface area (Å²) >= 11 is 4.83. The highest BCUT2D eigenvalue weighted by Crippen LogP contribution is 2.28. The zero-order chi connectivity index (χ0) is 14.8. The Bertz CT molecular complexity index is 799. The Morgan fingerprint density at radius 1 is 1.19 bits per heavy atom. The number of hydrogen-bond donors (Lipinski definition) is 1. The van der Waals surface area contributed by atoms with Gasteiger partial charge in [0.05, 0.1) is 17.0 Å². The van der Waals surface area contributed by atoms with Crippen LogP contribution >= 0.6 is 27.3 Å². The SMILES string of the molecule is O=C(O)c1cccc(-c2csc(-c3ccc(Br)cn3)n2)c1. The van der Waals surface area contributed by atoms with Gasteiger partial charge in [0.2, 0.25) is 0 Å². The molecule has 0 aliphatic carbocycles. The van der Waals surface area contributed by atoms with Gasteiger partial charge in [-0.3, -0.25) is 4.98 Å². The number of rotatable bonds is 3. The summed E-state index contributed by atoms with van der Waals surface area (Å²) in [7, 11) is 0. The van der Waals surface area contributed by atoms with Gasteiger partial charge in [0.25, 0.3) is 0 Å². The minimum absolute atomic E-state index is 0.254. The molecule has 0 aliphatic heterocycles. The third-order valence-electron chi connectivity index (χ3n) is 2.86. The van der Waals surface area contributed by atoms with E-state index in [2.05, 4.69) is 25.9 Å². The van der Waals surface area contributed by atoms with Crippen LogP contribution in [0.25, 0.3) is 22.0 Å². The Labute approximate surface area is 133 Å². The molecule has 0 atom stereocenters. The first-order chi connectivity index (χ1) is 10.1. The largest absolute Gasteiger partial charge is 0.478 e. The number of thiazole rings is 1. The normalized spacial score (nSPS) is 10.5. The van der Waals surface area contributed by atoms with Crippen LogP contribution in [0.15, 0.2) is 52.4 Å². The number of carboxylic acid groups (broad SMARTS) is 1. The summed E-state index contributed by atoms with van der Waals surface area (Å²) in [6.45, 7) is 0. The molecule has 3 aromatic rings. The number of pyridine rings is 1. The van der Waals surface area contributed by atoms with Crippen molar-refractivity contribution in [3.05, 3.63) is 58.0 Å². The third kappa shape index (κ3) is 3.01. The molecule has 0 bridgehead atoms. The van der Waals surface area contributed by atoms with E-state index in [0.717, 1.165) is 26.4 Å². The summed E-state index contributed by atoms with van der Waals surface area (Å²) < 4.78 is 0.914. The van der Waals surface area contributed by atoms with Crippen LogP contribution in [0.3, 0.4) is 0 Å². The summed E-state index contributed by atoms with van der Waals surface area (Å²) in [5, 5.41) is 11.7. The highest BCUT2D eigenvalue weighted by molar-refractivity contribution is 9.10. The monoisotopic (exact) mass is 360 g/mol. The second kappa shape index (κ2) is 5.75. The van der Waals surface area contributed by atoms with E-state index in [9.17, 15) is 4.79 Å². The zero-order valence-electron chi connectivity index (χ0n) is 10.7. The smallest absolute Gasteiger partial charge is 0.335 e. The molecule has 21 heavy (non-hydrogen) atoms. The molecule has 0 fully saturated rings. The molecule has 0 spiro atoms. The topological polar surface area (TPSA) is 63.1 Å². The molecule has 0 aliphatic rings. The third-order valence-corrected chi connectivity index (χ3v) is 4.19. The first-order valence-corrected chi connectivity index (χ1v) is 7.72. The second-order valence-electron chi connectivity index (χ2n) is 4.29. The Kier molecular flexibility index (Phi) is 3.81. The van der Waals surface area contributed by atoms with Crippen molar-refractivity contribution in [2.75, 3.05) is 0 Å². The molecule has 1 aromatic carbocycles. The van der Waals surface area contributed by atoms with Crippen molar-refractivity contribution in [1.82, 2.24) is 9.97 Å². The summed E-state index contributed by atoms with van der Waals surface area (Å²) in [5.41, 5.74) is 2.59. The van der Waals surface area contributed by atoms with Crippen LogP contribution in [0.2, 0.25) is 0 Å². The minimum Gasteiger partial charge on any atom is -0.478 e. The van der Waals surface area contributed by atoms with E-state index < -0.39 is 5.97 Å². The molecule has 0 unspecified atom stereocenters. The fourth-order valence-electron chi connectivity index (χ4n) is 1.84. The van der Waals surface area contributed by atoms with Gasteiger partial charge in [0.1, 0.15) is 5.01 Å². The van der Waals surface area contributed by atoms with E-state index in [1.165, 1.54) is 11.3 Å². The maximum atomic E-state index is 11.0. The molecule has 2 aromatic heterocycles. The number of carbonyl (C=O) groups is 1. The standard InChI is InChI=1S/C15H9BrN2O2S/c16-11-4-5-12(17-7-11)14-18-13(8-21-14)9-2-1-3-10(6-9)15(19)20/h1-8H,(H,19,20). The van der Waals surface area contributed by atoms with Crippen molar-refractivity contribution in [3.63, 3.8) is 0 Å². The summed E-state index contributed by atoms with van der Waals surface area (Å²) in [6.07, 6.45) is 1.72. The molecular weight excluding hydrogens is 352 g/mol. The highest BCUT2D eigenvalue weighted by Gasteiger charge is 2.10. The fourth-order valence-corrected chi connectivity index (χ4v) is 2.88. The lowest BCUT2D eigenvalue weighted by Gasteiger charge is -1.99. The van der Waals surface area contributed by atoms with Crippen LogP contribution in [0, 0.1) is 0 Å². The molecular formula is C15H9BrN2O2S. The van der Waals surface area contributed by atoms with Crippen LogP contribution in [0.5, 0.6) is 0 Å². The lowest BCUT2D eigenvalue weighted by atomic mass is 10.1. The maximum Gasteiger partial charge on any atom is 0.335 e. The zero-order valence-corrected chi connectivity index (χ0v) is 13.1. The van der Waals surface area contributed by atoms with Gasteiger partial charge in [0, 0.05) is 21.6 Å². The Morgan fingerprint density at radius 2 is 2.05 bits per heavy atom. The summed E-state index contributed by atoms with van der Waals surface area (Å²) in [5.74, 6) is -0.943. The van der Waals surface area contributed by atoms with Crippen LogP contribution in [-0.2, 0) is 0 Å². The van der Waals surface area contributed by atoms with Crippen LogP contribution in [-0.4, -0.2) is 21.0 Å². The van der Waals surface area contributed by atoms with Crippen LogP contribution < -0.4 is 0 Å². The number of aromatic nitrogens is 2. The molecule has 1 N–H and O–H groups in total. The van der Waals surface area contributed by atoms with Crippen molar-refractivity contribution in [2.45, 2.75) is 0 Å². The Balaban J connectivity index is 1.96. The van der Waals surface area contributed by atoms with Gasteiger partial charge >= 0.3 is 5.97 Å². The predicted molar refractivity (Wildman–Crippen MR) is 85.4 cm³/mol. The molecule has 0 saturated heterocycles. The van der Waals surface area contributed by atoms with Crippen molar-refractivity contribution in [3.8, 4) is 22.0 Å². The molecule has 6 heteroatoms. The lowest BCUT2D eigenvalue weighted by molar-refractivity contribution is 0.0697. The average Bonchev–Trinajstić information content (AvgIpc) is 2.98. The highest BCUT2D eigenvalue weighted by atomic mass is 79.9. The quantitative estimate of drug-likeness (QED) is 0.754. The van der Waals surface area contributed by atoms with Gasteiger partial charge in [0.15, 0.2) is 0 Å². The van der Waals surface area contributed by atoms with Crippen LogP contribution in [0.1, 0.15) is 10.4 Å². The van der Waals surface area contributed by atoms with Crippen molar-refractivity contribution < 1.29 is 9.90 Å². The van der Waals surface area contributed by atoms with Gasteiger partial charge in [-0.25, -0.2) is 9.78 Å². The van der Waals surface area contributed by atoms with E-state index in [0.29, 0.717) is 0 Å². The minimum atomic E-state index is -0.943. The van der Waals surface area contributed by atoms with Crippen molar-refractivity contribution in [1.29, 1.82) is 0 Å². The van der Waals surface area contributed by atoms with E-state index in [1.54, 1.807) is 24.4 Å². The molecule has 0 saturated carbocycles. The Morgan fingerprint density at radius 3 is 2.76 bits per heavy atom. The van der Waals surface area contributed by atoms with Gasteiger partial charge in [-0.05, 0) is 40.2 Å². The first kappa shape index (κ1) is 13.9. The fraction of sp³-hybridized carbons (Fsp3) is 0. The van der Waals surface area contributed by atoms with E-state index >= 15 is 0 Å². The lowest BCUT2D eigenvalue weighted by Crippen LogP contribution is -1.95. The maximum absolute atomic E-state index is 11.0. The average molecular weight is 361 g/mol. The molecule has 3 rings (SSSR count). The van der Waals surface area contributed by atoms with Gasteiger partial charge in [-0.2, -0.15) is 0 Å². The van der Waals surface area contributed by atoms with E-state index in [4.69, 9.17) is 5.11 Å². The van der Waals surface area contributed by atoms with Crippen molar-refractivity contribution in [2.24, 2.45) is 0 Å². The number of nitrogens with zero attached hydrogens (tertiary/aromatic N) is 2. The van der Waals surface area contributed by atoms with Crippen LogP contribution in [0.4, 0.5) is 0 Å². The number of carboxylic acids is 1. The van der Waals surface area contributed by atoms with Gasteiger partial charge < -0.3 is 5.11 Å². The molecule has 4 nitrogen and oxygen atoms in total. The Hall–Kier alpha value is -2.05. The summed E-state index contributed by atoms with van der Waals surface area (Å²) in [6, 6.07) is 10.6. The summed E-state index contributed by atoms with van der Waals surface area (Å²) in [4.78, 5) is 19.8. The number of hydrogen-bond acceptors (Lipinski definition) is 4. The number of benzene rings is 1. The second-order valence-corrected chi connectivity index (χ2v) is 6.06. The molecule has 0 radical (unpaired) electrons. The predicted octanol–water partition coefficient (Wildman–Crippen LogP) is 4.33. The molecule has 2 heterocycles.